The molecule has 2 aromatic carbocycles. The van der Waals surface area contributed by atoms with Crippen molar-refractivity contribution in [2.24, 2.45) is 5.92 Å². The van der Waals surface area contributed by atoms with Crippen LogP contribution in [0.5, 0.6) is 5.75 Å². The number of aryl methyl sites for hydroxylation is 1. The number of alkyl halides is 4. The second-order valence-corrected chi connectivity index (χ2v) is 12.7. The number of hydrogen-bond acceptors (Lipinski definition) is 6. The molecule has 0 bridgehead atoms. The molecule has 0 radical (unpaired) electrons. The van der Waals surface area contributed by atoms with Crippen LogP contribution >= 0.6 is 0 Å². The number of carbonyl (C=O) groups is 2. The Morgan fingerprint density at radius 1 is 1.09 bits per heavy atom. The highest BCUT2D eigenvalue weighted by molar-refractivity contribution is 5.94. The summed E-state index contributed by atoms with van der Waals surface area (Å²) in [6.07, 6.45) is -4.42. The number of halogens is 4. The highest BCUT2D eigenvalue weighted by atomic mass is 19.4. The van der Waals surface area contributed by atoms with E-state index in [1.165, 1.54) is 37.3 Å². The molecule has 0 saturated carbocycles. The molecule has 254 valence electrons. The average molecular weight is 660 g/mol. The quantitative estimate of drug-likeness (QED) is 0.147. The van der Waals surface area contributed by atoms with Crippen molar-refractivity contribution in [1.82, 2.24) is 9.47 Å². The normalized spacial score (nSPS) is 17.1. The molecule has 0 N–H and O–H groups in total. The van der Waals surface area contributed by atoms with E-state index < -0.39 is 36.6 Å². The van der Waals surface area contributed by atoms with Crippen LogP contribution in [-0.4, -0.2) is 80.4 Å². The first-order valence-electron chi connectivity index (χ1n) is 15.4. The number of likely N-dealkylation sites (tertiary alicyclic amines) is 1. The molecular weight excluding hydrogens is 618 g/mol. The molecule has 2 heterocycles. The Kier molecular flexibility index (Phi) is 11.1. The smallest absolute Gasteiger partial charge is 0.415 e. The van der Waals surface area contributed by atoms with Gasteiger partial charge in [-0.1, -0.05) is 18.1 Å². The lowest BCUT2D eigenvalue weighted by Gasteiger charge is -2.32. The minimum Gasteiger partial charge on any atom is -0.495 e. The van der Waals surface area contributed by atoms with Gasteiger partial charge in [0.15, 0.2) is 0 Å². The molecule has 0 unspecified atom stereocenters. The van der Waals surface area contributed by atoms with Gasteiger partial charge in [0.1, 0.15) is 24.1 Å². The van der Waals surface area contributed by atoms with Gasteiger partial charge in [0.05, 0.1) is 37.7 Å². The summed E-state index contributed by atoms with van der Waals surface area (Å²) in [5, 5.41) is 0.619. The molecule has 2 atom stereocenters. The number of methoxy groups -OCH3 is 2. The van der Waals surface area contributed by atoms with Crippen LogP contribution in [-0.2, 0) is 22.4 Å². The summed E-state index contributed by atoms with van der Waals surface area (Å²) in [7, 11) is 4.49. The van der Waals surface area contributed by atoms with Crippen LogP contribution in [0.3, 0.4) is 0 Å². The van der Waals surface area contributed by atoms with Crippen molar-refractivity contribution in [2.45, 2.75) is 64.5 Å². The van der Waals surface area contributed by atoms with E-state index in [-0.39, 0.29) is 35.2 Å². The van der Waals surface area contributed by atoms with Crippen molar-refractivity contribution in [3.05, 3.63) is 59.3 Å². The lowest BCUT2D eigenvalue weighted by molar-refractivity contribution is -0.140. The Bertz CT molecular complexity index is 1650. The molecule has 1 amide bonds. The van der Waals surface area contributed by atoms with Crippen LogP contribution in [0.15, 0.2) is 42.5 Å². The lowest BCUT2D eigenvalue weighted by Crippen LogP contribution is -2.39. The van der Waals surface area contributed by atoms with Gasteiger partial charge in [-0.25, -0.2) is 14.0 Å². The zero-order valence-electron chi connectivity index (χ0n) is 27.5. The van der Waals surface area contributed by atoms with Crippen LogP contribution in [0.4, 0.5) is 28.0 Å². The molecule has 12 heteroatoms. The van der Waals surface area contributed by atoms with Gasteiger partial charge in [-0.05, 0) is 101 Å². The Morgan fingerprint density at radius 3 is 2.47 bits per heavy atom. The molecule has 47 heavy (non-hydrogen) atoms. The molecule has 0 spiro atoms. The van der Waals surface area contributed by atoms with Crippen LogP contribution in [0, 0.1) is 17.8 Å². The van der Waals surface area contributed by atoms with Crippen molar-refractivity contribution in [3.8, 4) is 17.6 Å². The van der Waals surface area contributed by atoms with Crippen molar-refractivity contribution < 1.29 is 41.4 Å². The summed E-state index contributed by atoms with van der Waals surface area (Å²) in [6.45, 7) is 4.73. The maximum atomic E-state index is 14.7. The van der Waals surface area contributed by atoms with Crippen molar-refractivity contribution >= 4 is 28.7 Å². The standard InChI is InChI=1S/C35H41F4N3O5/c1-34(2,3)47-33(44)41(30-15-14-25(32(43)46-6)19-31(30)45-5)17-8-10-26-20-27-23(12-13-24-16-18-40(4)21-28(24)36)9-7-11-29(27)42(26)22-35(37,38)39/h7,9,11,14-15,19-20,24,28H,12-13,16-18,21-22H2,1-6H3/t24-,28+/m1/s1. The number of amides is 1. The van der Waals surface area contributed by atoms with E-state index in [1.807, 2.05) is 18.0 Å². The summed E-state index contributed by atoms with van der Waals surface area (Å²) in [4.78, 5) is 28.6. The Hall–Kier alpha value is -4.24. The van der Waals surface area contributed by atoms with Crippen LogP contribution < -0.4 is 9.64 Å². The van der Waals surface area contributed by atoms with E-state index in [4.69, 9.17) is 14.2 Å². The fourth-order valence-corrected chi connectivity index (χ4v) is 5.71. The number of esters is 1. The van der Waals surface area contributed by atoms with Crippen LogP contribution in [0.25, 0.3) is 10.9 Å². The second-order valence-electron chi connectivity index (χ2n) is 12.7. The lowest BCUT2D eigenvalue weighted by atomic mass is 9.88. The zero-order valence-corrected chi connectivity index (χ0v) is 27.5. The predicted molar refractivity (Wildman–Crippen MR) is 172 cm³/mol. The largest absolute Gasteiger partial charge is 0.495 e. The number of carbonyl (C=O) groups excluding carboxylic acids is 2. The third kappa shape index (κ3) is 9.19. The van der Waals surface area contributed by atoms with Crippen molar-refractivity contribution in [1.29, 1.82) is 0 Å². The number of piperidine rings is 1. The van der Waals surface area contributed by atoms with E-state index in [0.717, 1.165) is 23.1 Å². The average Bonchev–Trinajstić information content (AvgIpc) is 3.33. The number of aromatic nitrogens is 1. The van der Waals surface area contributed by atoms with Crippen molar-refractivity contribution in [2.75, 3.05) is 45.8 Å². The van der Waals surface area contributed by atoms with Crippen molar-refractivity contribution in [3.63, 3.8) is 0 Å². The number of fused-ring (bicyclic) bond motifs is 1. The van der Waals surface area contributed by atoms with E-state index >= 15 is 0 Å². The van der Waals surface area contributed by atoms with Gasteiger partial charge >= 0.3 is 18.2 Å². The van der Waals surface area contributed by atoms with Gasteiger partial charge in [0.25, 0.3) is 0 Å². The fraction of sp³-hybridized carbons (Fsp3) is 0.486. The molecule has 3 aromatic rings. The van der Waals surface area contributed by atoms with Gasteiger partial charge in [-0.3, -0.25) is 4.90 Å². The van der Waals surface area contributed by atoms with Gasteiger partial charge in [-0.15, -0.1) is 0 Å². The summed E-state index contributed by atoms with van der Waals surface area (Å²) in [5.41, 5.74) is 0.865. The third-order valence-electron chi connectivity index (χ3n) is 8.00. The maximum absolute atomic E-state index is 14.7. The van der Waals surface area contributed by atoms with E-state index in [2.05, 4.69) is 11.8 Å². The Labute approximate surface area is 272 Å². The molecule has 0 aliphatic carbocycles. The number of nitrogens with zero attached hydrogens (tertiary/aromatic N) is 3. The summed E-state index contributed by atoms with van der Waals surface area (Å²) in [6, 6.07) is 11.1. The number of anilines is 1. The van der Waals surface area contributed by atoms with Gasteiger partial charge in [0.2, 0.25) is 0 Å². The summed E-state index contributed by atoms with van der Waals surface area (Å²) < 4.78 is 73.0. The molecule has 1 aliphatic heterocycles. The Morgan fingerprint density at radius 2 is 1.83 bits per heavy atom. The molecule has 1 aliphatic rings. The van der Waals surface area contributed by atoms with E-state index in [9.17, 15) is 27.2 Å². The van der Waals surface area contributed by atoms with Crippen LogP contribution in [0.2, 0.25) is 0 Å². The Balaban J connectivity index is 1.70. The first-order chi connectivity index (χ1) is 22.1. The number of rotatable bonds is 8. The topological polar surface area (TPSA) is 73.2 Å². The SMILES string of the molecule is COC(=O)c1ccc(N(CC#Cc2cc3c(CC[C@@H]4CCN(C)C[C@@H]4F)cccc3n2CC(F)(F)F)C(=O)OC(C)(C)C)c(OC)c1. The van der Waals surface area contributed by atoms with Crippen LogP contribution in [0.1, 0.15) is 55.2 Å². The summed E-state index contributed by atoms with van der Waals surface area (Å²) >= 11 is 0. The predicted octanol–water partition coefficient (Wildman–Crippen LogP) is 7.01. The number of benzene rings is 2. The van der Waals surface area contributed by atoms with Gasteiger partial charge in [0, 0.05) is 17.4 Å². The molecule has 1 aromatic heterocycles. The monoisotopic (exact) mass is 659 g/mol. The first kappa shape index (κ1) is 35.6. The third-order valence-corrected chi connectivity index (χ3v) is 8.00. The second kappa shape index (κ2) is 14.7. The molecule has 1 saturated heterocycles. The minimum absolute atomic E-state index is 0.115. The number of ether oxygens (including phenoxy) is 3. The zero-order chi connectivity index (χ0) is 34.5. The van der Waals surface area contributed by atoms with E-state index in [0.29, 0.717) is 30.3 Å². The fourth-order valence-electron chi connectivity index (χ4n) is 5.71. The molecular formula is C35H41F4N3O5. The molecule has 8 nitrogen and oxygen atoms in total. The minimum atomic E-state index is -4.52. The number of hydrogen-bond donors (Lipinski definition) is 0. The highest BCUT2D eigenvalue weighted by Crippen LogP contribution is 2.32. The summed E-state index contributed by atoms with van der Waals surface area (Å²) in [5.74, 6) is 5.14. The van der Waals surface area contributed by atoms with E-state index in [1.54, 1.807) is 39.0 Å². The molecule has 4 rings (SSSR count). The highest BCUT2D eigenvalue weighted by Gasteiger charge is 2.31. The maximum Gasteiger partial charge on any atom is 0.415 e. The first-order valence-corrected chi connectivity index (χ1v) is 15.4. The molecule has 1 fully saturated rings. The van der Waals surface area contributed by atoms with Gasteiger partial charge in [-0.2, -0.15) is 13.2 Å². The van der Waals surface area contributed by atoms with Gasteiger partial charge < -0.3 is 23.7 Å².